The van der Waals surface area contributed by atoms with E-state index in [1.54, 1.807) is 0 Å². The van der Waals surface area contributed by atoms with Gasteiger partial charge in [0.1, 0.15) is 53.9 Å². The quantitative estimate of drug-likeness (QED) is 0.158. The molecule has 8 N–H and O–H groups in total. The summed E-state index contributed by atoms with van der Waals surface area (Å²) < 4.78 is 28.3. The van der Waals surface area contributed by atoms with Crippen molar-refractivity contribution in [1.29, 1.82) is 0 Å². The summed E-state index contributed by atoms with van der Waals surface area (Å²) in [5.74, 6) is -3.38. The SMILES string of the molecule is COC1C(O)C(C)OC(OC2CC(C)(O)Cc3c(O)c4c(c(O)c32)C(=O)c2c(OC3OC(C)C(O)C(O)C3O)cccc2C4=O)C1O. The highest BCUT2D eigenvalue weighted by Gasteiger charge is 2.50. The number of phenols is 2. The van der Waals surface area contributed by atoms with Crippen LogP contribution in [0.5, 0.6) is 17.2 Å². The van der Waals surface area contributed by atoms with Crippen molar-refractivity contribution >= 4 is 11.6 Å². The molecule has 0 aromatic heterocycles. The number of benzene rings is 2. The summed E-state index contributed by atoms with van der Waals surface area (Å²) in [5, 5.41) is 86.5. The number of aliphatic hydroxyl groups excluding tert-OH is 5. The van der Waals surface area contributed by atoms with Crippen molar-refractivity contribution < 1.29 is 74.1 Å². The van der Waals surface area contributed by atoms with Crippen LogP contribution < -0.4 is 4.74 Å². The van der Waals surface area contributed by atoms with Crippen molar-refractivity contribution in [3.63, 3.8) is 0 Å². The highest BCUT2D eigenvalue weighted by atomic mass is 16.7. The first-order chi connectivity index (χ1) is 22.1. The molecule has 2 heterocycles. The molecule has 0 spiro atoms. The highest BCUT2D eigenvalue weighted by Crippen LogP contribution is 2.52. The van der Waals surface area contributed by atoms with Crippen molar-refractivity contribution in [1.82, 2.24) is 0 Å². The minimum absolute atomic E-state index is 0.0542. The highest BCUT2D eigenvalue weighted by molar-refractivity contribution is 6.31. The van der Waals surface area contributed by atoms with Crippen LogP contribution in [0.4, 0.5) is 0 Å². The van der Waals surface area contributed by atoms with Gasteiger partial charge >= 0.3 is 0 Å². The minimum atomic E-state index is -1.73. The van der Waals surface area contributed by atoms with Crippen LogP contribution in [-0.4, -0.2) is 127 Å². The Bertz CT molecular complexity index is 1590. The van der Waals surface area contributed by atoms with Crippen LogP contribution in [0.2, 0.25) is 0 Å². The molecule has 2 aromatic rings. The van der Waals surface area contributed by atoms with E-state index in [9.17, 15) is 50.4 Å². The topological polar surface area (TPSA) is 242 Å². The van der Waals surface area contributed by atoms with Gasteiger partial charge in [-0.2, -0.15) is 0 Å². The van der Waals surface area contributed by atoms with Crippen molar-refractivity contribution in [3.05, 3.63) is 51.6 Å². The lowest BCUT2D eigenvalue weighted by Gasteiger charge is -2.44. The van der Waals surface area contributed by atoms with Gasteiger partial charge in [-0.15, -0.1) is 0 Å². The summed E-state index contributed by atoms with van der Waals surface area (Å²) in [5.41, 5.74) is -3.29. The van der Waals surface area contributed by atoms with E-state index in [4.69, 9.17) is 23.7 Å². The Morgan fingerprint density at radius 2 is 1.45 bits per heavy atom. The molecule has 2 aliphatic heterocycles. The first kappa shape index (κ1) is 33.7. The number of hydrogen-bond acceptors (Lipinski definition) is 15. The fourth-order valence-corrected chi connectivity index (χ4v) is 6.93. The summed E-state index contributed by atoms with van der Waals surface area (Å²) in [6.45, 7) is 4.43. The van der Waals surface area contributed by atoms with E-state index in [-0.39, 0.29) is 40.8 Å². The maximum Gasteiger partial charge on any atom is 0.229 e. The third-order valence-electron chi connectivity index (χ3n) is 9.45. The van der Waals surface area contributed by atoms with Gasteiger partial charge in [0.2, 0.25) is 12.1 Å². The predicted molar refractivity (Wildman–Crippen MR) is 156 cm³/mol. The zero-order valence-corrected chi connectivity index (χ0v) is 25.9. The molecule has 0 saturated carbocycles. The van der Waals surface area contributed by atoms with Crippen LogP contribution in [0, 0.1) is 0 Å². The van der Waals surface area contributed by atoms with E-state index in [0.717, 1.165) is 0 Å². The van der Waals surface area contributed by atoms with Gasteiger partial charge < -0.3 is 64.5 Å². The fourth-order valence-electron chi connectivity index (χ4n) is 6.93. The van der Waals surface area contributed by atoms with Gasteiger partial charge in [-0.25, -0.2) is 0 Å². The third-order valence-corrected chi connectivity index (χ3v) is 9.45. The van der Waals surface area contributed by atoms with Crippen LogP contribution in [-0.2, 0) is 25.4 Å². The van der Waals surface area contributed by atoms with Crippen molar-refractivity contribution in [2.75, 3.05) is 7.11 Å². The number of rotatable bonds is 5. The number of carbonyl (C=O) groups is 2. The van der Waals surface area contributed by atoms with Crippen LogP contribution >= 0.6 is 0 Å². The molecule has 15 heteroatoms. The number of aromatic hydroxyl groups is 2. The Balaban J connectivity index is 1.42. The van der Waals surface area contributed by atoms with Crippen molar-refractivity contribution in [2.45, 2.75) is 107 Å². The lowest BCUT2D eigenvalue weighted by atomic mass is 9.73. The summed E-state index contributed by atoms with van der Waals surface area (Å²) >= 11 is 0. The van der Waals surface area contributed by atoms with Gasteiger partial charge in [-0.05, 0) is 26.8 Å². The molecule has 0 amide bonds. The second-order valence-electron chi connectivity index (χ2n) is 12.9. The van der Waals surface area contributed by atoms with Gasteiger partial charge in [-0.1, -0.05) is 12.1 Å². The van der Waals surface area contributed by atoms with E-state index in [0.29, 0.717) is 0 Å². The first-order valence-corrected chi connectivity index (χ1v) is 15.2. The monoisotopic (exact) mass is 662 g/mol. The second-order valence-corrected chi connectivity index (χ2v) is 12.9. The van der Waals surface area contributed by atoms with Crippen LogP contribution in [0.25, 0.3) is 0 Å². The lowest BCUT2D eigenvalue weighted by molar-refractivity contribution is -0.311. The Hall–Kier alpha value is -3.22. The summed E-state index contributed by atoms with van der Waals surface area (Å²) in [7, 11) is 1.29. The number of phenolic OH excluding ortho intramolecular Hbond substituents is 2. The van der Waals surface area contributed by atoms with E-state index < -0.39 is 107 Å². The number of hydrogen-bond donors (Lipinski definition) is 8. The molecule has 12 atom stereocenters. The lowest BCUT2D eigenvalue weighted by Crippen LogP contribution is -2.58. The Morgan fingerprint density at radius 3 is 2.13 bits per heavy atom. The molecule has 12 unspecified atom stereocenters. The van der Waals surface area contributed by atoms with E-state index >= 15 is 0 Å². The summed E-state index contributed by atoms with van der Waals surface area (Å²) in [6.07, 6.45) is -15.1. The summed E-state index contributed by atoms with van der Waals surface area (Å²) in [4.78, 5) is 28.1. The second kappa shape index (κ2) is 12.0. The Labute approximate surface area is 268 Å². The number of aliphatic hydroxyl groups is 6. The molecule has 0 bridgehead atoms. The van der Waals surface area contributed by atoms with E-state index in [1.165, 1.54) is 46.1 Å². The summed E-state index contributed by atoms with van der Waals surface area (Å²) in [6, 6.07) is 4.01. The number of ketones is 2. The predicted octanol–water partition coefficient (Wildman–Crippen LogP) is -0.684. The molecule has 2 saturated heterocycles. The average molecular weight is 663 g/mol. The zero-order valence-electron chi connectivity index (χ0n) is 25.9. The zero-order chi connectivity index (χ0) is 34.3. The van der Waals surface area contributed by atoms with Crippen LogP contribution in [0.3, 0.4) is 0 Å². The van der Waals surface area contributed by atoms with E-state index in [2.05, 4.69) is 0 Å². The van der Waals surface area contributed by atoms with Crippen molar-refractivity contribution in [2.24, 2.45) is 0 Å². The van der Waals surface area contributed by atoms with Gasteiger partial charge in [0.15, 0.2) is 12.1 Å². The van der Waals surface area contributed by atoms with E-state index in [1.807, 2.05) is 0 Å². The number of fused-ring (bicyclic) bond motifs is 3. The molecule has 2 aliphatic carbocycles. The number of ether oxygens (including phenoxy) is 5. The number of methoxy groups -OCH3 is 1. The molecular formula is C32H38O15. The van der Waals surface area contributed by atoms with Gasteiger partial charge in [0.25, 0.3) is 0 Å². The van der Waals surface area contributed by atoms with Gasteiger partial charge in [0.05, 0.1) is 40.6 Å². The number of carbonyl (C=O) groups excluding carboxylic acids is 2. The third kappa shape index (κ3) is 5.40. The normalized spacial score (nSPS) is 38.4. The molecule has 15 nitrogen and oxygen atoms in total. The smallest absolute Gasteiger partial charge is 0.229 e. The van der Waals surface area contributed by atoms with Gasteiger partial charge in [-0.3, -0.25) is 9.59 Å². The van der Waals surface area contributed by atoms with Crippen LogP contribution in [0.15, 0.2) is 18.2 Å². The molecule has 6 rings (SSSR count). The Kier molecular flexibility index (Phi) is 8.62. The molecule has 2 aromatic carbocycles. The maximum absolute atomic E-state index is 14.2. The van der Waals surface area contributed by atoms with Gasteiger partial charge in [0, 0.05) is 36.6 Å². The molecule has 47 heavy (non-hydrogen) atoms. The minimum Gasteiger partial charge on any atom is -0.507 e. The standard InChI is InChI=1S/C32H38O15/c1-10-20(33)26(39)27(40)30(44-10)46-14-7-5-6-12-16(14)24(37)19-18(22(12)35)23(36)13-8-32(3,42)9-15(17(13)25(19)38)47-31-28(41)29(43-4)21(34)11(2)45-31/h5-7,10-11,15,20-21,26-31,33-34,36,38-42H,8-9H2,1-4H3. The first-order valence-electron chi connectivity index (χ1n) is 15.2. The maximum atomic E-state index is 14.2. The molecular weight excluding hydrogens is 624 g/mol. The molecule has 4 aliphatic rings. The average Bonchev–Trinajstić information content (AvgIpc) is 3.01. The fraction of sp³-hybridized carbons (Fsp3) is 0.562. The Morgan fingerprint density at radius 1 is 0.809 bits per heavy atom. The van der Waals surface area contributed by atoms with Crippen LogP contribution in [0.1, 0.15) is 76.3 Å². The largest absolute Gasteiger partial charge is 0.507 e. The molecule has 256 valence electrons. The molecule has 2 fully saturated rings. The van der Waals surface area contributed by atoms with Crippen molar-refractivity contribution in [3.8, 4) is 17.2 Å². The molecule has 0 radical (unpaired) electrons.